The molecule has 7 heteroatoms. The lowest BCUT2D eigenvalue weighted by Crippen LogP contribution is -2.30. The van der Waals surface area contributed by atoms with Crippen LogP contribution in [0.15, 0.2) is 18.2 Å². The summed E-state index contributed by atoms with van der Waals surface area (Å²) in [5, 5.41) is 17.1. The molecule has 2 rings (SSSR count). The highest BCUT2D eigenvalue weighted by Gasteiger charge is 2.18. The molecule has 0 unspecified atom stereocenters. The monoisotopic (exact) mass is 293 g/mol. The molecular formula is C14H19N3O4. The normalized spacial score (nSPS) is 17.5. The average Bonchev–Trinajstić information content (AvgIpc) is 2.99. The number of carbonyl (C=O) groups is 1. The third kappa shape index (κ3) is 3.91. The van der Waals surface area contributed by atoms with Crippen LogP contribution in [0, 0.1) is 10.1 Å². The highest BCUT2D eigenvalue weighted by atomic mass is 16.6. The van der Waals surface area contributed by atoms with Gasteiger partial charge in [0, 0.05) is 24.2 Å². The molecule has 0 aromatic heterocycles. The Bertz CT molecular complexity index is 527. The Balaban J connectivity index is 1.95. The predicted molar refractivity (Wildman–Crippen MR) is 77.6 cm³/mol. The average molecular weight is 293 g/mol. The Labute approximate surface area is 122 Å². The van der Waals surface area contributed by atoms with Gasteiger partial charge in [0.05, 0.1) is 12.0 Å². The summed E-state index contributed by atoms with van der Waals surface area (Å²) in [4.78, 5) is 22.4. The van der Waals surface area contributed by atoms with E-state index in [9.17, 15) is 14.9 Å². The summed E-state index contributed by atoms with van der Waals surface area (Å²) in [5.41, 5.74) is 0.0597. The molecule has 2 N–H and O–H groups in total. The SMILES string of the molecule is COc1ccc(C(=O)NCC[C@H]2CCCN2)cc1[N+](=O)[O-]. The second kappa shape index (κ2) is 7.03. The van der Waals surface area contributed by atoms with Crippen LogP contribution in [0.1, 0.15) is 29.6 Å². The van der Waals surface area contributed by atoms with Crippen LogP contribution in [0.3, 0.4) is 0 Å². The maximum Gasteiger partial charge on any atom is 0.311 e. The van der Waals surface area contributed by atoms with E-state index >= 15 is 0 Å². The highest BCUT2D eigenvalue weighted by Crippen LogP contribution is 2.27. The zero-order valence-corrected chi connectivity index (χ0v) is 11.9. The number of carbonyl (C=O) groups excluding carboxylic acids is 1. The molecule has 1 heterocycles. The van der Waals surface area contributed by atoms with Crippen molar-refractivity contribution in [1.82, 2.24) is 10.6 Å². The van der Waals surface area contributed by atoms with Crippen molar-refractivity contribution in [2.75, 3.05) is 20.2 Å². The Kier molecular flexibility index (Phi) is 5.10. The lowest BCUT2D eigenvalue weighted by Gasteiger charge is -2.11. The van der Waals surface area contributed by atoms with Gasteiger partial charge in [-0.05, 0) is 37.9 Å². The number of nitro benzene ring substituents is 1. The second-order valence-electron chi connectivity index (χ2n) is 4.98. The van der Waals surface area contributed by atoms with Crippen molar-refractivity contribution in [2.24, 2.45) is 0 Å². The van der Waals surface area contributed by atoms with E-state index in [1.165, 1.54) is 31.7 Å². The van der Waals surface area contributed by atoms with Crippen LogP contribution in [0.4, 0.5) is 5.69 Å². The number of amides is 1. The van der Waals surface area contributed by atoms with Crippen LogP contribution in [-0.4, -0.2) is 37.1 Å². The summed E-state index contributed by atoms with van der Waals surface area (Å²) in [6.07, 6.45) is 3.16. The number of methoxy groups -OCH3 is 1. The van der Waals surface area contributed by atoms with Gasteiger partial charge in [0.15, 0.2) is 5.75 Å². The number of hydrogen-bond acceptors (Lipinski definition) is 5. The molecule has 1 aromatic carbocycles. The van der Waals surface area contributed by atoms with Gasteiger partial charge in [-0.15, -0.1) is 0 Å². The largest absolute Gasteiger partial charge is 0.490 e. The number of nitrogens with zero attached hydrogens (tertiary/aromatic N) is 1. The molecular weight excluding hydrogens is 274 g/mol. The molecule has 0 spiro atoms. The summed E-state index contributed by atoms with van der Waals surface area (Å²) >= 11 is 0. The molecule has 0 bridgehead atoms. The lowest BCUT2D eigenvalue weighted by molar-refractivity contribution is -0.385. The minimum absolute atomic E-state index is 0.145. The fourth-order valence-electron chi connectivity index (χ4n) is 2.44. The van der Waals surface area contributed by atoms with Crippen LogP contribution in [0.5, 0.6) is 5.75 Å². The molecule has 21 heavy (non-hydrogen) atoms. The fraction of sp³-hybridized carbons (Fsp3) is 0.500. The number of nitro groups is 1. The van der Waals surface area contributed by atoms with E-state index in [1.807, 2.05) is 0 Å². The summed E-state index contributed by atoms with van der Waals surface area (Å²) in [6.45, 7) is 1.58. The van der Waals surface area contributed by atoms with E-state index in [2.05, 4.69) is 10.6 Å². The molecule has 1 fully saturated rings. The smallest absolute Gasteiger partial charge is 0.311 e. The van der Waals surface area contributed by atoms with Gasteiger partial charge in [0.25, 0.3) is 5.91 Å². The molecule has 1 aliphatic heterocycles. The van der Waals surface area contributed by atoms with Gasteiger partial charge in [0.2, 0.25) is 0 Å². The topological polar surface area (TPSA) is 93.5 Å². The van der Waals surface area contributed by atoms with Crippen LogP contribution in [-0.2, 0) is 0 Å². The minimum Gasteiger partial charge on any atom is -0.490 e. The summed E-state index contributed by atoms with van der Waals surface area (Å²) in [7, 11) is 1.36. The van der Waals surface area contributed by atoms with Gasteiger partial charge < -0.3 is 15.4 Å². The molecule has 114 valence electrons. The zero-order chi connectivity index (χ0) is 15.2. The first-order chi connectivity index (χ1) is 10.1. The van der Waals surface area contributed by atoms with Crippen molar-refractivity contribution >= 4 is 11.6 Å². The van der Waals surface area contributed by atoms with Crippen LogP contribution in [0.25, 0.3) is 0 Å². The summed E-state index contributed by atoms with van der Waals surface area (Å²) in [6, 6.07) is 4.65. The van der Waals surface area contributed by atoms with Crippen molar-refractivity contribution < 1.29 is 14.5 Å². The minimum atomic E-state index is -0.557. The van der Waals surface area contributed by atoms with E-state index in [0.29, 0.717) is 12.6 Å². The van der Waals surface area contributed by atoms with Gasteiger partial charge in [-0.2, -0.15) is 0 Å². The van der Waals surface area contributed by atoms with Crippen molar-refractivity contribution in [3.63, 3.8) is 0 Å². The van der Waals surface area contributed by atoms with Gasteiger partial charge >= 0.3 is 5.69 Å². The first-order valence-corrected chi connectivity index (χ1v) is 6.96. The third-order valence-corrected chi connectivity index (χ3v) is 3.58. The van der Waals surface area contributed by atoms with Crippen molar-refractivity contribution in [3.05, 3.63) is 33.9 Å². The van der Waals surface area contributed by atoms with E-state index in [1.54, 1.807) is 0 Å². The molecule has 7 nitrogen and oxygen atoms in total. The zero-order valence-electron chi connectivity index (χ0n) is 11.9. The number of hydrogen-bond donors (Lipinski definition) is 2. The molecule has 1 aliphatic rings. The van der Waals surface area contributed by atoms with Crippen molar-refractivity contribution in [1.29, 1.82) is 0 Å². The highest BCUT2D eigenvalue weighted by molar-refractivity contribution is 5.95. The first kappa shape index (κ1) is 15.2. The standard InChI is InChI=1S/C14H19N3O4/c1-21-13-5-4-10(9-12(13)17(19)20)14(18)16-8-6-11-3-2-7-15-11/h4-5,9,11,15H,2-3,6-8H2,1H3,(H,16,18)/t11-/m1/s1. The molecule has 1 aromatic rings. The second-order valence-corrected chi connectivity index (χ2v) is 4.98. The Morgan fingerprint density at radius 3 is 3.00 bits per heavy atom. The van der Waals surface area contributed by atoms with Gasteiger partial charge in [-0.3, -0.25) is 14.9 Å². The van der Waals surface area contributed by atoms with E-state index in [0.717, 1.165) is 19.4 Å². The van der Waals surface area contributed by atoms with Crippen LogP contribution in [0.2, 0.25) is 0 Å². The molecule has 0 saturated carbocycles. The number of ether oxygens (including phenoxy) is 1. The van der Waals surface area contributed by atoms with Crippen LogP contribution < -0.4 is 15.4 Å². The van der Waals surface area contributed by atoms with Gasteiger partial charge in [-0.1, -0.05) is 0 Å². The number of benzene rings is 1. The van der Waals surface area contributed by atoms with Crippen LogP contribution >= 0.6 is 0 Å². The summed E-state index contributed by atoms with van der Waals surface area (Å²) < 4.78 is 4.91. The predicted octanol–water partition coefficient (Wildman–Crippen LogP) is 1.48. The Morgan fingerprint density at radius 2 is 2.38 bits per heavy atom. The van der Waals surface area contributed by atoms with Crippen molar-refractivity contribution in [3.8, 4) is 5.75 Å². The van der Waals surface area contributed by atoms with Crippen molar-refractivity contribution in [2.45, 2.75) is 25.3 Å². The number of nitrogens with one attached hydrogen (secondary N) is 2. The van der Waals surface area contributed by atoms with E-state index in [4.69, 9.17) is 4.74 Å². The molecule has 0 aliphatic carbocycles. The summed E-state index contributed by atoms with van der Waals surface area (Å²) in [5.74, 6) is -0.162. The third-order valence-electron chi connectivity index (χ3n) is 3.58. The fourth-order valence-corrected chi connectivity index (χ4v) is 2.44. The first-order valence-electron chi connectivity index (χ1n) is 6.96. The lowest BCUT2D eigenvalue weighted by atomic mass is 10.1. The Hall–Kier alpha value is -2.15. The molecule has 1 atom stereocenters. The number of rotatable bonds is 6. The maximum absolute atomic E-state index is 12.0. The molecule has 1 amide bonds. The van der Waals surface area contributed by atoms with Gasteiger partial charge in [0.1, 0.15) is 0 Å². The molecule has 1 saturated heterocycles. The van der Waals surface area contributed by atoms with E-state index in [-0.39, 0.29) is 22.9 Å². The maximum atomic E-state index is 12.0. The van der Waals surface area contributed by atoms with Gasteiger partial charge in [-0.25, -0.2) is 0 Å². The quantitative estimate of drug-likeness (QED) is 0.612. The Morgan fingerprint density at radius 1 is 1.57 bits per heavy atom. The molecule has 0 radical (unpaired) electrons. The van der Waals surface area contributed by atoms with E-state index < -0.39 is 4.92 Å².